The Morgan fingerprint density at radius 1 is 1.19 bits per heavy atom. The molecule has 3 nitrogen and oxygen atoms in total. The lowest BCUT2D eigenvalue weighted by atomic mass is 10.2. The third-order valence-corrected chi connectivity index (χ3v) is 3.88. The van der Waals surface area contributed by atoms with E-state index in [1.807, 2.05) is 11.8 Å². The highest BCUT2D eigenvalue weighted by molar-refractivity contribution is 5.81. The van der Waals surface area contributed by atoms with Crippen molar-refractivity contribution in [2.24, 2.45) is 0 Å². The fourth-order valence-electron chi connectivity index (χ4n) is 2.57. The summed E-state index contributed by atoms with van der Waals surface area (Å²) in [6, 6.07) is 3.46. The molecule has 1 heterocycles. The van der Waals surface area contributed by atoms with Crippen LogP contribution >= 0.6 is 0 Å². The summed E-state index contributed by atoms with van der Waals surface area (Å²) in [5.74, 6) is -1.63. The van der Waals surface area contributed by atoms with E-state index in [0.29, 0.717) is 12.1 Å². The highest BCUT2D eigenvalue weighted by Gasteiger charge is 2.20. The van der Waals surface area contributed by atoms with E-state index in [-0.39, 0.29) is 11.9 Å². The van der Waals surface area contributed by atoms with Crippen LogP contribution in [0.2, 0.25) is 0 Å². The Hall–Kier alpha value is -1.49. The standard InChI is InChI=1S/C16H22F2N2O/c1-12(16(21)20-8-4-2-3-5-9-20)19-11-13-6-7-14(17)15(18)10-13/h6-7,10,12,19H,2-5,8-9,11H2,1H3. The van der Waals surface area contributed by atoms with Crippen molar-refractivity contribution in [3.8, 4) is 0 Å². The summed E-state index contributed by atoms with van der Waals surface area (Å²) >= 11 is 0. The van der Waals surface area contributed by atoms with Gasteiger partial charge in [-0.15, -0.1) is 0 Å². The molecule has 0 aromatic heterocycles. The largest absolute Gasteiger partial charge is 0.341 e. The summed E-state index contributed by atoms with van der Waals surface area (Å²) < 4.78 is 26.0. The van der Waals surface area contributed by atoms with E-state index < -0.39 is 11.6 Å². The fourth-order valence-corrected chi connectivity index (χ4v) is 2.57. The fraction of sp³-hybridized carbons (Fsp3) is 0.562. The molecular weight excluding hydrogens is 274 g/mol. The zero-order valence-corrected chi connectivity index (χ0v) is 12.4. The maximum atomic E-state index is 13.1. The number of rotatable bonds is 4. The van der Waals surface area contributed by atoms with Crippen molar-refractivity contribution in [2.45, 2.75) is 45.2 Å². The van der Waals surface area contributed by atoms with Gasteiger partial charge >= 0.3 is 0 Å². The summed E-state index contributed by atoms with van der Waals surface area (Å²) in [6.07, 6.45) is 4.48. The van der Waals surface area contributed by atoms with E-state index in [4.69, 9.17) is 0 Å². The summed E-state index contributed by atoms with van der Waals surface area (Å²) in [7, 11) is 0. The second kappa shape index (κ2) is 7.50. The van der Waals surface area contributed by atoms with Gasteiger partial charge in [-0.25, -0.2) is 8.78 Å². The van der Waals surface area contributed by atoms with Crippen LogP contribution in [0.5, 0.6) is 0 Å². The van der Waals surface area contributed by atoms with Crippen molar-refractivity contribution in [1.29, 1.82) is 0 Å². The van der Waals surface area contributed by atoms with Crippen LogP contribution < -0.4 is 5.32 Å². The summed E-state index contributed by atoms with van der Waals surface area (Å²) in [5.41, 5.74) is 0.629. The van der Waals surface area contributed by atoms with Crippen LogP contribution in [0.25, 0.3) is 0 Å². The Balaban J connectivity index is 1.86. The molecule has 5 heteroatoms. The lowest BCUT2D eigenvalue weighted by molar-refractivity contribution is -0.133. The van der Waals surface area contributed by atoms with Crippen LogP contribution in [-0.2, 0) is 11.3 Å². The molecule has 0 spiro atoms. The third-order valence-electron chi connectivity index (χ3n) is 3.88. The number of hydrogen-bond acceptors (Lipinski definition) is 2. The molecule has 1 fully saturated rings. The van der Waals surface area contributed by atoms with Gasteiger partial charge in [0, 0.05) is 19.6 Å². The van der Waals surface area contributed by atoms with Gasteiger partial charge in [-0.05, 0) is 37.5 Å². The van der Waals surface area contributed by atoms with E-state index >= 15 is 0 Å². The van der Waals surface area contributed by atoms with Gasteiger partial charge in [-0.1, -0.05) is 18.9 Å². The monoisotopic (exact) mass is 296 g/mol. The van der Waals surface area contributed by atoms with Gasteiger partial charge < -0.3 is 10.2 Å². The molecule has 1 atom stereocenters. The van der Waals surface area contributed by atoms with Crippen molar-refractivity contribution >= 4 is 5.91 Å². The minimum absolute atomic E-state index is 0.0829. The first-order valence-corrected chi connectivity index (χ1v) is 7.54. The average molecular weight is 296 g/mol. The number of carbonyl (C=O) groups excluding carboxylic acids is 1. The number of carbonyl (C=O) groups is 1. The molecule has 21 heavy (non-hydrogen) atoms. The van der Waals surface area contributed by atoms with Gasteiger partial charge in [0.25, 0.3) is 0 Å². The number of amides is 1. The minimum atomic E-state index is -0.860. The number of benzene rings is 1. The number of nitrogens with zero attached hydrogens (tertiary/aromatic N) is 1. The molecule has 1 N–H and O–H groups in total. The van der Waals surface area contributed by atoms with Gasteiger partial charge in [-0.2, -0.15) is 0 Å². The first kappa shape index (κ1) is 15.9. The lowest BCUT2D eigenvalue weighted by Gasteiger charge is -2.24. The molecule has 0 bridgehead atoms. The van der Waals surface area contributed by atoms with E-state index in [1.54, 1.807) is 0 Å². The second-order valence-electron chi connectivity index (χ2n) is 5.59. The molecular formula is C16H22F2N2O. The maximum absolute atomic E-state index is 13.1. The average Bonchev–Trinajstić information content (AvgIpc) is 2.76. The number of halogens is 2. The van der Waals surface area contributed by atoms with Crippen molar-refractivity contribution < 1.29 is 13.6 Å². The highest BCUT2D eigenvalue weighted by atomic mass is 19.2. The molecule has 2 rings (SSSR count). The first-order valence-electron chi connectivity index (χ1n) is 7.54. The van der Waals surface area contributed by atoms with Gasteiger partial charge in [0.05, 0.1) is 6.04 Å². The Morgan fingerprint density at radius 3 is 2.48 bits per heavy atom. The predicted octanol–water partition coefficient (Wildman–Crippen LogP) is 2.85. The predicted molar refractivity (Wildman–Crippen MR) is 77.7 cm³/mol. The van der Waals surface area contributed by atoms with Gasteiger partial charge in [0.1, 0.15) is 0 Å². The van der Waals surface area contributed by atoms with Crippen molar-refractivity contribution in [1.82, 2.24) is 10.2 Å². The molecule has 1 amide bonds. The Morgan fingerprint density at radius 2 is 1.86 bits per heavy atom. The molecule has 1 aliphatic heterocycles. The molecule has 0 aliphatic carbocycles. The SMILES string of the molecule is CC(NCc1ccc(F)c(F)c1)C(=O)N1CCCCCC1. The van der Waals surface area contributed by atoms with Gasteiger partial charge in [-0.3, -0.25) is 4.79 Å². The van der Waals surface area contributed by atoms with Crippen LogP contribution in [-0.4, -0.2) is 29.9 Å². The zero-order valence-electron chi connectivity index (χ0n) is 12.4. The number of hydrogen-bond donors (Lipinski definition) is 1. The molecule has 116 valence electrons. The summed E-state index contributed by atoms with van der Waals surface area (Å²) in [5, 5.41) is 3.08. The highest BCUT2D eigenvalue weighted by Crippen LogP contribution is 2.12. The summed E-state index contributed by atoms with van der Waals surface area (Å²) in [6.45, 7) is 3.79. The third kappa shape index (κ3) is 4.49. The Bertz CT molecular complexity index is 485. The van der Waals surface area contributed by atoms with Crippen LogP contribution in [0.15, 0.2) is 18.2 Å². The van der Waals surface area contributed by atoms with Crippen LogP contribution in [0.4, 0.5) is 8.78 Å². The Kier molecular flexibility index (Phi) is 5.67. The first-order chi connectivity index (χ1) is 10.1. The molecule has 1 saturated heterocycles. The zero-order chi connectivity index (χ0) is 15.2. The topological polar surface area (TPSA) is 32.3 Å². The number of nitrogens with one attached hydrogen (secondary N) is 1. The van der Waals surface area contributed by atoms with Gasteiger partial charge in [0.15, 0.2) is 11.6 Å². The molecule has 1 aromatic carbocycles. The smallest absolute Gasteiger partial charge is 0.239 e. The van der Waals surface area contributed by atoms with Crippen molar-refractivity contribution in [2.75, 3.05) is 13.1 Å². The minimum Gasteiger partial charge on any atom is -0.341 e. The quantitative estimate of drug-likeness (QED) is 0.926. The van der Waals surface area contributed by atoms with Crippen LogP contribution in [0.3, 0.4) is 0 Å². The number of likely N-dealkylation sites (tertiary alicyclic amines) is 1. The molecule has 0 saturated carbocycles. The summed E-state index contributed by atoms with van der Waals surface area (Å²) in [4.78, 5) is 14.2. The van der Waals surface area contributed by atoms with E-state index in [2.05, 4.69) is 5.32 Å². The molecule has 1 aliphatic rings. The van der Waals surface area contributed by atoms with Crippen LogP contribution in [0, 0.1) is 11.6 Å². The second-order valence-corrected chi connectivity index (χ2v) is 5.59. The van der Waals surface area contributed by atoms with E-state index in [1.165, 1.54) is 18.9 Å². The van der Waals surface area contributed by atoms with Gasteiger partial charge in [0.2, 0.25) is 5.91 Å². The molecule has 1 aromatic rings. The molecule has 1 unspecified atom stereocenters. The van der Waals surface area contributed by atoms with Crippen molar-refractivity contribution in [3.05, 3.63) is 35.4 Å². The lowest BCUT2D eigenvalue weighted by Crippen LogP contribution is -2.45. The maximum Gasteiger partial charge on any atom is 0.239 e. The Labute approximate surface area is 124 Å². The normalized spacial score (nSPS) is 17.4. The van der Waals surface area contributed by atoms with Crippen LogP contribution in [0.1, 0.15) is 38.2 Å². The van der Waals surface area contributed by atoms with Crippen molar-refractivity contribution in [3.63, 3.8) is 0 Å². The van der Waals surface area contributed by atoms with E-state index in [9.17, 15) is 13.6 Å². The molecule has 0 radical (unpaired) electrons. The van der Waals surface area contributed by atoms with E-state index in [0.717, 1.165) is 38.1 Å².